The lowest BCUT2D eigenvalue weighted by molar-refractivity contribution is 0.0951. The number of amidine groups is 1. The van der Waals surface area contributed by atoms with E-state index in [0.29, 0.717) is 34.4 Å². The Kier molecular flexibility index (Phi) is 7.26. The van der Waals surface area contributed by atoms with Crippen LogP contribution in [0.4, 0.5) is 4.39 Å². The Balaban J connectivity index is 1.59. The van der Waals surface area contributed by atoms with Crippen LogP contribution < -0.4 is 10.6 Å². The minimum atomic E-state index is -0.534. The molecule has 0 spiro atoms. The number of amides is 1. The summed E-state index contributed by atoms with van der Waals surface area (Å²) in [6.07, 6.45) is 1.98. The van der Waals surface area contributed by atoms with Gasteiger partial charge in [-0.2, -0.15) is 4.39 Å². The highest BCUT2D eigenvalue weighted by Gasteiger charge is 2.14. The zero-order valence-electron chi connectivity index (χ0n) is 18.1. The van der Waals surface area contributed by atoms with Gasteiger partial charge in [-0.05, 0) is 72.5 Å². The van der Waals surface area contributed by atoms with Crippen molar-refractivity contribution >= 4 is 34.9 Å². The molecule has 0 atom stereocenters. The number of nitrogens with zero attached hydrogens (tertiary/aromatic N) is 2. The largest absolute Gasteiger partial charge is 0.370 e. The van der Waals surface area contributed by atoms with E-state index in [0.717, 1.165) is 47.5 Å². The fourth-order valence-corrected chi connectivity index (χ4v) is 4.06. The molecule has 1 aliphatic rings. The van der Waals surface area contributed by atoms with E-state index in [2.05, 4.69) is 20.6 Å². The van der Waals surface area contributed by atoms with Crippen LogP contribution in [0.5, 0.6) is 0 Å². The van der Waals surface area contributed by atoms with Gasteiger partial charge in [0.2, 0.25) is 5.95 Å². The Bertz CT molecular complexity index is 1230. The predicted octanol–water partition coefficient (Wildman–Crippen LogP) is 5.71. The minimum absolute atomic E-state index is 0.227. The standard InChI is InChI=1S/C25H23Cl2FN4O/c1-15-20(5-7-23(28)32-15)18-9-17(14-30-24-3-2-8-29-24)10-19(12-18)25(33)31-13-16-4-6-21(26)22(27)11-16/h4-7,9-12H,2-3,8,13-14H2,1H3,(H,29,30)(H,31,33). The number of carbonyl (C=O) groups excluding carboxylic acids is 1. The lowest BCUT2D eigenvalue weighted by Crippen LogP contribution is -2.24. The molecule has 2 aromatic carbocycles. The van der Waals surface area contributed by atoms with Crippen molar-refractivity contribution in [1.82, 2.24) is 15.6 Å². The summed E-state index contributed by atoms with van der Waals surface area (Å²) in [4.78, 5) is 21.4. The van der Waals surface area contributed by atoms with Gasteiger partial charge in [-0.15, -0.1) is 0 Å². The van der Waals surface area contributed by atoms with Crippen molar-refractivity contribution in [3.05, 3.63) is 86.9 Å². The molecular formula is C25H23Cl2FN4O. The van der Waals surface area contributed by atoms with Crippen LogP contribution in [0.1, 0.15) is 40.0 Å². The number of hydrogen-bond acceptors (Lipinski definition) is 4. The van der Waals surface area contributed by atoms with Crippen molar-refractivity contribution in [3.8, 4) is 11.1 Å². The molecule has 0 fully saturated rings. The molecule has 1 aromatic heterocycles. The van der Waals surface area contributed by atoms with Crippen molar-refractivity contribution < 1.29 is 9.18 Å². The lowest BCUT2D eigenvalue weighted by atomic mass is 9.98. The summed E-state index contributed by atoms with van der Waals surface area (Å²) in [7, 11) is 0. The molecule has 3 aromatic rings. The van der Waals surface area contributed by atoms with Crippen molar-refractivity contribution in [3.63, 3.8) is 0 Å². The molecule has 0 radical (unpaired) electrons. The maximum Gasteiger partial charge on any atom is 0.251 e. The SMILES string of the molecule is Cc1nc(F)ccc1-c1cc(CNC2=NCCC2)cc(C(=O)NCc2ccc(Cl)c(Cl)c2)c1. The Morgan fingerprint density at radius 1 is 1.03 bits per heavy atom. The van der Waals surface area contributed by atoms with Gasteiger partial charge >= 0.3 is 0 Å². The second-order valence-corrected chi connectivity index (χ2v) is 8.72. The number of aromatic nitrogens is 1. The van der Waals surface area contributed by atoms with Crippen LogP contribution in [0.2, 0.25) is 10.0 Å². The van der Waals surface area contributed by atoms with Gasteiger partial charge in [0.05, 0.1) is 15.9 Å². The molecule has 0 saturated carbocycles. The van der Waals surface area contributed by atoms with E-state index in [1.807, 2.05) is 18.2 Å². The van der Waals surface area contributed by atoms with E-state index in [1.165, 1.54) is 6.07 Å². The summed E-state index contributed by atoms with van der Waals surface area (Å²) >= 11 is 12.0. The van der Waals surface area contributed by atoms with Crippen molar-refractivity contribution in [2.24, 2.45) is 4.99 Å². The van der Waals surface area contributed by atoms with Gasteiger partial charge in [0, 0.05) is 42.9 Å². The Morgan fingerprint density at radius 2 is 1.88 bits per heavy atom. The van der Waals surface area contributed by atoms with Gasteiger partial charge in [0.15, 0.2) is 0 Å². The first-order valence-electron chi connectivity index (χ1n) is 10.7. The minimum Gasteiger partial charge on any atom is -0.370 e. The normalized spacial score (nSPS) is 13.0. The quantitative estimate of drug-likeness (QED) is 0.440. The van der Waals surface area contributed by atoms with Crippen LogP contribution in [0, 0.1) is 12.9 Å². The fourth-order valence-electron chi connectivity index (χ4n) is 3.74. The number of aryl methyl sites for hydroxylation is 1. The topological polar surface area (TPSA) is 66.4 Å². The van der Waals surface area contributed by atoms with Crippen LogP contribution >= 0.6 is 23.2 Å². The highest BCUT2D eigenvalue weighted by atomic mass is 35.5. The molecule has 0 saturated heterocycles. The van der Waals surface area contributed by atoms with Gasteiger partial charge in [0.1, 0.15) is 0 Å². The highest BCUT2D eigenvalue weighted by Crippen LogP contribution is 2.26. The van der Waals surface area contributed by atoms with Crippen molar-refractivity contribution in [2.75, 3.05) is 6.54 Å². The highest BCUT2D eigenvalue weighted by molar-refractivity contribution is 6.42. The third-order valence-electron chi connectivity index (χ3n) is 5.43. The molecule has 4 rings (SSSR count). The summed E-state index contributed by atoms with van der Waals surface area (Å²) in [6, 6.07) is 13.9. The summed E-state index contributed by atoms with van der Waals surface area (Å²) in [6.45, 7) is 3.43. The number of aliphatic imine (C=N–C) groups is 1. The van der Waals surface area contributed by atoms with Crippen LogP contribution in [-0.2, 0) is 13.1 Å². The first kappa shape index (κ1) is 23.2. The van der Waals surface area contributed by atoms with Crippen LogP contribution in [-0.4, -0.2) is 23.3 Å². The molecule has 2 heterocycles. The zero-order chi connectivity index (χ0) is 23.4. The van der Waals surface area contributed by atoms with E-state index >= 15 is 0 Å². The number of rotatable bonds is 6. The fraction of sp³-hybridized carbons (Fsp3) is 0.240. The first-order chi connectivity index (χ1) is 15.9. The van der Waals surface area contributed by atoms with E-state index in [1.54, 1.807) is 31.2 Å². The summed E-state index contributed by atoms with van der Waals surface area (Å²) in [5.74, 6) is 0.216. The summed E-state index contributed by atoms with van der Waals surface area (Å²) in [5.41, 5.74) is 4.39. The van der Waals surface area contributed by atoms with Gasteiger partial charge in [0.25, 0.3) is 5.91 Å². The molecule has 2 N–H and O–H groups in total. The van der Waals surface area contributed by atoms with E-state index in [-0.39, 0.29) is 5.91 Å². The molecular weight excluding hydrogens is 462 g/mol. The van der Waals surface area contributed by atoms with Crippen LogP contribution in [0.25, 0.3) is 11.1 Å². The van der Waals surface area contributed by atoms with Gasteiger partial charge in [-0.25, -0.2) is 4.98 Å². The summed E-state index contributed by atoms with van der Waals surface area (Å²) in [5, 5.41) is 7.18. The number of carbonyl (C=O) groups is 1. The number of nitrogens with one attached hydrogen (secondary N) is 2. The Labute approximate surface area is 202 Å². The maximum atomic E-state index is 13.5. The van der Waals surface area contributed by atoms with E-state index < -0.39 is 5.95 Å². The second-order valence-electron chi connectivity index (χ2n) is 7.90. The van der Waals surface area contributed by atoms with Gasteiger partial charge < -0.3 is 10.6 Å². The van der Waals surface area contributed by atoms with Gasteiger partial charge in [-0.3, -0.25) is 9.79 Å². The first-order valence-corrected chi connectivity index (χ1v) is 11.4. The molecule has 1 aliphatic heterocycles. The number of hydrogen-bond donors (Lipinski definition) is 2. The van der Waals surface area contributed by atoms with Crippen molar-refractivity contribution in [2.45, 2.75) is 32.9 Å². The maximum absolute atomic E-state index is 13.5. The van der Waals surface area contributed by atoms with Crippen LogP contribution in [0.3, 0.4) is 0 Å². The van der Waals surface area contributed by atoms with Crippen LogP contribution in [0.15, 0.2) is 53.5 Å². The monoisotopic (exact) mass is 484 g/mol. The Morgan fingerprint density at radius 3 is 2.61 bits per heavy atom. The number of pyridine rings is 1. The number of benzene rings is 2. The molecule has 1 amide bonds. The Hall–Kier alpha value is -2.96. The predicted molar refractivity (Wildman–Crippen MR) is 130 cm³/mol. The van der Waals surface area contributed by atoms with Crippen molar-refractivity contribution in [1.29, 1.82) is 0 Å². The van der Waals surface area contributed by atoms with E-state index in [4.69, 9.17) is 23.2 Å². The molecule has 33 heavy (non-hydrogen) atoms. The third-order valence-corrected chi connectivity index (χ3v) is 6.16. The average molecular weight is 485 g/mol. The molecule has 0 bridgehead atoms. The molecule has 8 heteroatoms. The average Bonchev–Trinajstić information content (AvgIpc) is 3.32. The van der Waals surface area contributed by atoms with E-state index in [9.17, 15) is 9.18 Å². The molecule has 5 nitrogen and oxygen atoms in total. The van der Waals surface area contributed by atoms with Gasteiger partial charge in [-0.1, -0.05) is 29.3 Å². The smallest absolute Gasteiger partial charge is 0.251 e. The molecule has 0 aliphatic carbocycles. The second kappa shape index (κ2) is 10.3. The lowest BCUT2D eigenvalue weighted by Gasteiger charge is -2.13. The number of halogens is 3. The zero-order valence-corrected chi connectivity index (χ0v) is 19.6. The summed E-state index contributed by atoms with van der Waals surface area (Å²) < 4.78 is 13.5. The molecule has 170 valence electrons. The third kappa shape index (κ3) is 5.89. The molecule has 0 unspecified atom stereocenters.